The first-order valence-corrected chi connectivity index (χ1v) is 11.0. The summed E-state index contributed by atoms with van der Waals surface area (Å²) in [6.45, 7) is 10.4. The second-order valence-electron chi connectivity index (χ2n) is 9.52. The van der Waals surface area contributed by atoms with Gasteiger partial charge < -0.3 is 14.8 Å². The van der Waals surface area contributed by atoms with E-state index in [-0.39, 0.29) is 17.2 Å². The van der Waals surface area contributed by atoms with Gasteiger partial charge in [0.2, 0.25) is 5.91 Å². The number of hydrogen-bond donors (Lipinski definition) is 1. The average molecular weight is 418 g/mol. The number of amides is 2. The van der Waals surface area contributed by atoms with Crippen LogP contribution in [0.3, 0.4) is 0 Å². The van der Waals surface area contributed by atoms with Gasteiger partial charge in [-0.25, -0.2) is 0 Å². The van der Waals surface area contributed by atoms with Crippen molar-refractivity contribution < 1.29 is 9.59 Å². The van der Waals surface area contributed by atoms with Gasteiger partial charge in [-0.05, 0) is 53.6 Å². The summed E-state index contributed by atoms with van der Waals surface area (Å²) in [5.41, 5.74) is 5.00. The summed E-state index contributed by atoms with van der Waals surface area (Å²) in [7, 11) is 0. The van der Waals surface area contributed by atoms with Gasteiger partial charge in [0.1, 0.15) is 5.69 Å². The highest BCUT2D eigenvalue weighted by molar-refractivity contribution is 6.00. The van der Waals surface area contributed by atoms with Crippen LogP contribution >= 0.6 is 0 Å². The van der Waals surface area contributed by atoms with E-state index in [0.717, 1.165) is 48.1 Å². The Morgan fingerprint density at radius 2 is 1.65 bits per heavy atom. The summed E-state index contributed by atoms with van der Waals surface area (Å²) in [6, 6.07) is 16.5. The van der Waals surface area contributed by atoms with E-state index >= 15 is 0 Å². The summed E-state index contributed by atoms with van der Waals surface area (Å²) in [5.74, 6) is -0.0211. The van der Waals surface area contributed by atoms with Gasteiger partial charge in [0.15, 0.2) is 0 Å². The van der Waals surface area contributed by atoms with Gasteiger partial charge in [-0.2, -0.15) is 0 Å². The number of hydrogen-bond acceptors (Lipinski definition) is 2. The van der Waals surface area contributed by atoms with E-state index in [1.165, 1.54) is 12.5 Å². The van der Waals surface area contributed by atoms with E-state index in [4.69, 9.17) is 0 Å². The lowest BCUT2D eigenvalue weighted by atomic mass is 9.87. The number of nitrogens with one attached hydrogen (secondary N) is 1. The molecule has 1 aliphatic heterocycles. The van der Waals surface area contributed by atoms with Crippen molar-refractivity contribution in [3.8, 4) is 0 Å². The number of anilines is 1. The van der Waals surface area contributed by atoms with Gasteiger partial charge in [0.25, 0.3) is 5.91 Å². The van der Waals surface area contributed by atoms with Gasteiger partial charge in [-0.3, -0.25) is 9.59 Å². The first-order valence-electron chi connectivity index (χ1n) is 11.0. The maximum Gasteiger partial charge on any atom is 0.270 e. The lowest BCUT2D eigenvalue weighted by Crippen LogP contribution is -2.29. The van der Waals surface area contributed by atoms with Crippen molar-refractivity contribution in [2.24, 2.45) is 0 Å². The molecule has 1 aliphatic rings. The van der Waals surface area contributed by atoms with Gasteiger partial charge >= 0.3 is 0 Å². The molecule has 0 atom stereocenters. The molecule has 0 unspecified atom stereocenters. The number of likely N-dealkylation sites (tertiary alicyclic amines) is 1. The third-order valence-corrected chi connectivity index (χ3v) is 5.99. The van der Waals surface area contributed by atoms with Crippen molar-refractivity contribution in [1.82, 2.24) is 9.47 Å². The minimum absolute atomic E-state index is 0.0843. The van der Waals surface area contributed by atoms with Crippen LogP contribution in [0, 0.1) is 0 Å². The molecule has 1 fully saturated rings. The molecule has 5 nitrogen and oxygen atoms in total. The molecule has 3 aromatic rings. The van der Waals surface area contributed by atoms with Crippen molar-refractivity contribution in [2.75, 3.05) is 18.4 Å². The first-order chi connectivity index (χ1) is 14.7. The zero-order valence-electron chi connectivity index (χ0n) is 18.9. The molecule has 1 aromatic heterocycles. The molecule has 4 rings (SSSR count). The molecule has 2 heterocycles. The number of fused-ring (bicyclic) bond motifs is 1. The number of benzene rings is 2. The summed E-state index contributed by atoms with van der Waals surface area (Å²) in [5, 5.41) is 3.79. The molecule has 5 heteroatoms. The van der Waals surface area contributed by atoms with E-state index in [1.807, 2.05) is 29.2 Å². The lowest BCUT2D eigenvalue weighted by molar-refractivity contribution is -0.114. The summed E-state index contributed by atoms with van der Waals surface area (Å²) in [4.78, 5) is 26.7. The Hall–Kier alpha value is -3.08. The Balaban J connectivity index is 1.74. The average Bonchev–Trinajstić information content (AvgIpc) is 3.35. The minimum Gasteiger partial charge on any atom is -0.337 e. The highest BCUT2D eigenvalue weighted by Gasteiger charge is 2.24. The fourth-order valence-corrected chi connectivity index (χ4v) is 4.27. The molecule has 0 spiro atoms. The van der Waals surface area contributed by atoms with Crippen molar-refractivity contribution in [2.45, 2.75) is 52.5 Å². The fourth-order valence-electron chi connectivity index (χ4n) is 4.27. The van der Waals surface area contributed by atoms with Gasteiger partial charge in [0, 0.05) is 43.1 Å². The van der Waals surface area contributed by atoms with E-state index in [0.29, 0.717) is 12.2 Å². The first kappa shape index (κ1) is 21.2. The van der Waals surface area contributed by atoms with Crippen LogP contribution in [0.2, 0.25) is 0 Å². The quantitative estimate of drug-likeness (QED) is 0.636. The van der Waals surface area contributed by atoms with Gasteiger partial charge in [-0.1, -0.05) is 45.0 Å². The monoisotopic (exact) mass is 417 g/mol. The summed E-state index contributed by atoms with van der Waals surface area (Å²) < 4.78 is 2.11. The van der Waals surface area contributed by atoms with Crippen LogP contribution in [0.1, 0.15) is 62.2 Å². The minimum atomic E-state index is -0.105. The number of carbonyl (C=O) groups is 2. The molecule has 2 amide bonds. The van der Waals surface area contributed by atoms with Crippen molar-refractivity contribution >= 4 is 28.4 Å². The molecule has 0 bridgehead atoms. The maximum absolute atomic E-state index is 13.3. The molecule has 162 valence electrons. The molecule has 0 saturated carbocycles. The smallest absolute Gasteiger partial charge is 0.270 e. The van der Waals surface area contributed by atoms with Crippen molar-refractivity contribution in [3.05, 3.63) is 65.4 Å². The Bertz CT molecular complexity index is 1110. The van der Waals surface area contributed by atoms with E-state index < -0.39 is 0 Å². The SMILES string of the molecule is CC(=O)Nc1ccc2c(c1)cc(C(=O)N1CCCC1)n2Cc1ccc(C(C)(C)C)cc1. The third kappa shape index (κ3) is 4.50. The molecule has 1 N–H and O–H groups in total. The van der Waals surface area contributed by atoms with E-state index in [9.17, 15) is 9.59 Å². The molecule has 0 aliphatic carbocycles. The largest absolute Gasteiger partial charge is 0.337 e. The second-order valence-corrected chi connectivity index (χ2v) is 9.52. The molecule has 31 heavy (non-hydrogen) atoms. The van der Waals surface area contributed by atoms with Crippen LogP contribution in [0.15, 0.2) is 48.5 Å². The molecular weight excluding hydrogens is 386 g/mol. The zero-order valence-corrected chi connectivity index (χ0v) is 18.9. The lowest BCUT2D eigenvalue weighted by Gasteiger charge is -2.20. The molecule has 1 saturated heterocycles. The highest BCUT2D eigenvalue weighted by Crippen LogP contribution is 2.28. The summed E-state index contributed by atoms with van der Waals surface area (Å²) >= 11 is 0. The number of carbonyl (C=O) groups excluding carboxylic acids is 2. The second kappa shape index (κ2) is 8.22. The number of rotatable bonds is 4. The Morgan fingerprint density at radius 3 is 2.26 bits per heavy atom. The van der Waals surface area contributed by atoms with Crippen LogP contribution in [0.25, 0.3) is 10.9 Å². The summed E-state index contributed by atoms with van der Waals surface area (Å²) in [6.07, 6.45) is 2.12. The number of nitrogens with zero attached hydrogens (tertiary/aromatic N) is 2. The van der Waals surface area contributed by atoms with Crippen LogP contribution in [0.5, 0.6) is 0 Å². The molecule has 2 aromatic carbocycles. The Morgan fingerprint density at radius 1 is 0.968 bits per heavy atom. The predicted octanol–water partition coefficient (Wildman–Crippen LogP) is 5.18. The predicted molar refractivity (Wildman–Crippen MR) is 126 cm³/mol. The van der Waals surface area contributed by atoms with E-state index in [1.54, 1.807) is 0 Å². The Labute approximate surface area is 184 Å². The van der Waals surface area contributed by atoms with E-state index in [2.05, 4.69) is 54.9 Å². The topological polar surface area (TPSA) is 54.3 Å². The van der Waals surface area contributed by atoms with Gasteiger partial charge in [-0.15, -0.1) is 0 Å². The van der Waals surface area contributed by atoms with Crippen LogP contribution in [0.4, 0.5) is 5.69 Å². The van der Waals surface area contributed by atoms with Crippen LogP contribution in [-0.2, 0) is 16.8 Å². The molecular formula is C26H31N3O2. The van der Waals surface area contributed by atoms with Crippen LogP contribution in [-0.4, -0.2) is 34.4 Å². The van der Waals surface area contributed by atoms with Gasteiger partial charge in [0.05, 0.1) is 0 Å². The van der Waals surface area contributed by atoms with Crippen molar-refractivity contribution in [1.29, 1.82) is 0 Å². The zero-order chi connectivity index (χ0) is 22.2. The number of aromatic nitrogens is 1. The standard InChI is InChI=1S/C26H31N3O2/c1-18(30)27-22-11-12-23-20(15-22)16-24(25(31)28-13-5-6-14-28)29(23)17-19-7-9-21(10-8-19)26(2,3)4/h7-12,15-16H,5-6,13-14,17H2,1-4H3,(H,27,30). The Kier molecular flexibility index (Phi) is 5.61. The maximum atomic E-state index is 13.3. The normalized spacial score (nSPS) is 14.3. The van der Waals surface area contributed by atoms with Crippen LogP contribution < -0.4 is 5.32 Å². The highest BCUT2D eigenvalue weighted by atomic mass is 16.2. The third-order valence-electron chi connectivity index (χ3n) is 5.99. The van der Waals surface area contributed by atoms with Crippen molar-refractivity contribution in [3.63, 3.8) is 0 Å². The molecule has 0 radical (unpaired) electrons. The fraction of sp³-hybridized carbons (Fsp3) is 0.385.